The first-order valence-electron chi connectivity index (χ1n) is 7.23. The minimum absolute atomic E-state index is 0.173. The number of ether oxygens (including phenoxy) is 1. The summed E-state index contributed by atoms with van der Waals surface area (Å²) in [5.41, 5.74) is 3.23. The molecule has 0 unspecified atom stereocenters. The number of urea groups is 1. The molecular formula is C17H21N3O2. The first kappa shape index (κ1) is 15.8. The Balaban J connectivity index is 1.73. The number of nitrogens with one attached hydrogen (secondary N) is 2. The van der Waals surface area contributed by atoms with E-state index >= 15 is 0 Å². The predicted octanol–water partition coefficient (Wildman–Crippen LogP) is 2.44. The maximum atomic E-state index is 11.8. The lowest BCUT2D eigenvalue weighted by molar-refractivity contribution is 0.240. The second kappa shape index (κ2) is 8.02. The minimum atomic E-state index is -0.173. The molecule has 2 rings (SSSR count). The highest BCUT2D eigenvalue weighted by molar-refractivity contribution is 5.73. The van der Waals surface area contributed by atoms with Gasteiger partial charge in [-0.05, 0) is 48.2 Å². The summed E-state index contributed by atoms with van der Waals surface area (Å²) in [6.07, 6.45) is 4.29. The third kappa shape index (κ3) is 4.77. The highest BCUT2D eigenvalue weighted by Gasteiger charge is 2.03. The van der Waals surface area contributed by atoms with Crippen LogP contribution in [0.25, 0.3) is 0 Å². The zero-order chi connectivity index (χ0) is 15.8. The molecule has 2 amide bonds. The van der Waals surface area contributed by atoms with Crippen LogP contribution in [-0.2, 0) is 13.0 Å². The van der Waals surface area contributed by atoms with Crippen molar-refractivity contribution in [2.24, 2.45) is 0 Å². The van der Waals surface area contributed by atoms with E-state index in [-0.39, 0.29) is 6.03 Å². The molecule has 0 aliphatic carbocycles. The normalized spacial score (nSPS) is 10.1. The van der Waals surface area contributed by atoms with E-state index in [4.69, 9.17) is 4.74 Å². The molecule has 0 radical (unpaired) electrons. The molecule has 0 bridgehead atoms. The molecule has 5 heteroatoms. The molecule has 1 heterocycles. The van der Waals surface area contributed by atoms with Gasteiger partial charge >= 0.3 is 6.03 Å². The van der Waals surface area contributed by atoms with Gasteiger partial charge < -0.3 is 15.4 Å². The molecular weight excluding hydrogens is 278 g/mol. The number of aryl methyl sites for hydroxylation is 1. The van der Waals surface area contributed by atoms with Crippen molar-refractivity contribution in [3.05, 3.63) is 59.4 Å². The fourth-order valence-electron chi connectivity index (χ4n) is 2.09. The third-order valence-electron chi connectivity index (χ3n) is 3.37. The molecule has 1 aromatic carbocycles. The summed E-state index contributed by atoms with van der Waals surface area (Å²) >= 11 is 0. The van der Waals surface area contributed by atoms with Crippen LogP contribution in [0.5, 0.6) is 5.75 Å². The maximum absolute atomic E-state index is 11.8. The summed E-state index contributed by atoms with van der Waals surface area (Å²) in [5, 5.41) is 5.68. The van der Waals surface area contributed by atoms with Crippen LogP contribution in [0, 0.1) is 6.92 Å². The monoisotopic (exact) mass is 299 g/mol. The lowest BCUT2D eigenvalue weighted by Gasteiger charge is -2.10. The summed E-state index contributed by atoms with van der Waals surface area (Å²) in [4.78, 5) is 15.7. The number of aromatic nitrogens is 1. The largest absolute Gasteiger partial charge is 0.496 e. The average Bonchev–Trinajstić information content (AvgIpc) is 2.55. The molecule has 0 spiro atoms. The van der Waals surface area contributed by atoms with E-state index in [0.29, 0.717) is 13.1 Å². The molecule has 0 fully saturated rings. The van der Waals surface area contributed by atoms with Crippen molar-refractivity contribution in [1.29, 1.82) is 0 Å². The summed E-state index contributed by atoms with van der Waals surface area (Å²) in [5.74, 6) is 0.831. The van der Waals surface area contributed by atoms with Crippen molar-refractivity contribution in [3.63, 3.8) is 0 Å². The number of hydrogen-bond acceptors (Lipinski definition) is 3. The first-order valence-corrected chi connectivity index (χ1v) is 7.23. The van der Waals surface area contributed by atoms with Crippen LogP contribution >= 0.6 is 0 Å². The zero-order valence-corrected chi connectivity index (χ0v) is 12.9. The van der Waals surface area contributed by atoms with Gasteiger partial charge in [-0.3, -0.25) is 4.98 Å². The molecule has 0 saturated heterocycles. The highest BCUT2D eigenvalue weighted by Crippen LogP contribution is 2.18. The van der Waals surface area contributed by atoms with E-state index in [0.717, 1.165) is 28.9 Å². The van der Waals surface area contributed by atoms with Crippen LogP contribution in [-0.4, -0.2) is 24.7 Å². The van der Waals surface area contributed by atoms with Gasteiger partial charge in [0.15, 0.2) is 0 Å². The molecule has 1 aromatic heterocycles. The Kier molecular flexibility index (Phi) is 5.77. The Morgan fingerprint density at radius 3 is 2.64 bits per heavy atom. The van der Waals surface area contributed by atoms with Crippen molar-refractivity contribution in [2.75, 3.05) is 13.7 Å². The minimum Gasteiger partial charge on any atom is -0.496 e. The topological polar surface area (TPSA) is 63.2 Å². The summed E-state index contributed by atoms with van der Waals surface area (Å²) < 4.78 is 5.27. The van der Waals surface area contributed by atoms with Gasteiger partial charge in [-0.2, -0.15) is 0 Å². The quantitative estimate of drug-likeness (QED) is 0.861. The van der Waals surface area contributed by atoms with E-state index in [1.807, 2.05) is 37.3 Å². The fraction of sp³-hybridized carbons (Fsp3) is 0.294. The molecule has 0 saturated carbocycles. The van der Waals surface area contributed by atoms with Gasteiger partial charge in [-0.1, -0.05) is 12.1 Å². The lowest BCUT2D eigenvalue weighted by atomic mass is 10.1. The molecule has 0 aliphatic heterocycles. The van der Waals surface area contributed by atoms with Gasteiger partial charge in [0.25, 0.3) is 0 Å². The molecule has 2 N–H and O–H groups in total. The second-order valence-electron chi connectivity index (χ2n) is 5.02. The van der Waals surface area contributed by atoms with Gasteiger partial charge in [0.2, 0.25) is 0 Å². The van der Waals surface area contributed by atoms with Gasteiger partial charge in [-0.15, -0.1) is 0 Å². The maximum Gasteiger partial charge on any atom is 0.315 e. The van der Waals surface area contributed by atoms with Crippen LogP contribution in [0.2, 0.25) is 0 Å². The third-order valence-corrected chi connectivity index (χ3v) is 3.37. The van der Waals surface area contributed by atoms with Crippen LogP contribution in [0.1, 0.15) is 16.7 Å². The van der Waals surface area contributed by atoms with Crippen molar-refractivity contribution in [2.45, 2.75) is 19.9 Å². The van der Waals surface area contributed by atoms with E-state index < -0.39 is 0 Å². The summed E-state index contributed by atoms with van der Waals surface area (Å²) in [6, 6.07) is 9.61. The number of rotatable bonds is 6. The molecule has 2 aromatic rings. The number of benzene rings is 1. The lowest BCUT2D eigenvalue weighted by Crippen LogP contribution is -2.36. The van der Waals surface area contributed by atoms with Crippen LogP contribution in [0.4, 0.5) is 4.79 Å². The average molecular weight is 299 g/mol. The number of methoxy groups -OCH3 is 1. The molecule has 22 heavy (non-hydrogen) atoms. The predicted molar refractivity (Wildman–Crippen MR) is 85.9 cm³/mol. The van der Waals surface area contributed by atoms with E-state index in [2.05, 4.69) is 15.6 Å². The van der Waals surface area contributed by atoms with Crippen LogP contribution in [0.3, 0.4) is 0 Å². The smallest absolute Gasteiger partial charge is 0.315 e. The van der Waals surface area contributed by atoms with Crippen molar-refractivity contribution in [1.82, 2.24) is 15.6 Å². The number of carbonyl (C=O) groups excluding carboxylic acids is 1. The van der Waals surface area contributed by atoms with Gasteiger partial charge in [-0.25, -0.2) is 4.79 Å². The highest BCUT2D eigenvalue weighted by atomic mass is 16.5. The number of carbonyl (C=O) groups is 1. The molecule has 0 atom stereocenters. The van der Waals surface area contributed by atoms with Crippen LogP contribution < -0.4 is 15.4 Å². The Morgan fingerprint density at radius 1 is 1.14 bits per heavy atom. The van der Waals surface area contributed by atoms with Crippen molar-refractivity contribution >= 4 is 6.03 Å². The van der Waals surface area contributed by atoms with Crippen molar-refractivity contribution in [3.8, 4) is 5.75 Å². The number of hydrogen-bond donors (Lipinski definition) is 2. The van der Waals surface area contributed by atoms with Gasteiger partial charge in [0, 0.05) is 25.5 Å². The molecule has 0 aliphatic rings. The second-order valence-corrected chi connectivity index (χ2v) is 5.02. The van der Waals surface area contributed by atoms with Gasteiger partial charge in [0.05, 0.1) is 7.11 Å². The zero-order valence-electron chi connectivity index (χ0n) is 12.9. The first-order chi connectivity index (χ1) is 10.7. The van der Waals surface area contributed by atoms with Gasteiger partial charge in [0.1, 0.15) is 5.75 Å². The Morgan fingerprint density at radius 2 is 1.91 bits per heavy atom. The van der Waals surface area contributed by atoms with E-state index in [1.54, 1.807) is 19.5 Å². The summed E-state index contributed by atoms with van der Waals surface area (Å²) in [7, 11) is 1.64. The van der Waals surface area contributed by atoms with Crippen LogP contribution in [0.15, 0.2) is 42.7 Å². The number of pyridine rings is 1. The Bertz CT molecular complexity index is 615. The standard InChI is InChI=1S/C17H21N3O2/c1-13-3-4-15(11-16(13)22-2)12-20-17(21)19-10-7-14-5-8-18-9-6-14/h3-6,8-9,11H,7,10,12H2,1-2H3,(H2,19,20,21). The number of amides is 2. The van der Waals surface area contributed by atoms with Crippen molar-refractivity contribution < 1.29 is 9.53 Å². The Labute approximate surface area is 130 Å². The fourth-order valence-corrected chi connectivity index (χ4v) is 2.09. The molecule has 116 valence electrons. The Hall–Kier alpha value is -2.56. The SMILES string of the molecule is COc1cc(CNC(=O)NCCc2ccncc2)ccc1C. The molecule has 5 nitrogen and oxygen atoms in total. The van der Waals surface area contributed by atoms with E-state index in [9.17, 15) is 4.79 Å². The number of nitrogens with zero attached hydrogens (tertiary/aromatic N) is 1. The van der Waals surface area contributed by atoms with E-state index in [1.165, 1.54) is 0 Å². The summed E-state index contributed by atoms with van der Waals surface area (Å²) in [6.45, 7) is 3.05.